The third-order valence-corrected chi connectivity index (χ3v) is 3.56. The molecule has 2 nitrogen and oxygen atoms in total. The van der Waals surface area contributed by atoms with E-state index in [9.17, 15) is 0 Å². The maximum absolute atomic E-state index is 3.35. The van der Waals surface area contributed by atoms with Crippen LogP contribution in [0.3, 0.4) is 0 Å². The van der Waals surface area contributed by atoms with E-state index in [0.717, 1.165) is 13.1 Å². The molecule has 1 fully saturated rings. The van der Waals surface area contributed by atoms with E-state index in [1.165, 1.54) is 30.8 Å². The van der Waals surface area contributed by atoms with Crippen molar-refractivity contribution in [3.63, 3.8) is 0 Å². The van der Waals surface area contributed by atoms with E-state index >= 15 is 0 Å². The molecular weight excluding hydrogens is 208 g/mol. The molecule has 0 aliphatic carbocycles. The van der Waals surface area contributed by atoms with Crippen LogP contribution < -0.4 is 10.2 Å². The summed E-state index contributed by atoms with van der Waals surface area (Å²) >= 11 is 0. The molecule has 1 aromatic carbocycles. The Morgan fingerprint density at radius 2 is 1.94 bits per heavy atom. The normalized spacial score (nSPS) is 18.6. The van der Waals surface area contributed by atoms with Gasteiger partial charge in [-0.2, -0.15) is 0 Å². The highest BCUT2D eigenvalue weighted by molar-refractivity contribution is 5.48. The van der Waals surface area contributed by atoms with E-state index in [1.807, 2.05) is 0 Å². The van der Waals surface area contributed by atoms with Gasteiger partial charge in [0.2, 0.25) is 0 Å². The fourth-order valence-corrected chi connectivity index (χ4v) is 2.43. The van der Waals surface area contributed by atoms with Crippen molar-refractivity contribution in [1.29, 1.82) is 0 Å². The average Bonchev–Trinajstić information content (AvgIpc) is 2.68. The SMILES string of the molecule is CCNCc1ccc(N2CCC(C)(C)C2)cc1. The van der Waals surface area contributed by atoms with Gasteiger partial charge in [0.25, 0.3) is 0 Å². The lowest BCUT2D eigenvalue weighted by molar-refractivity contribution is 0.418. The summed E-state index contributed by atoms with van der Waals surface area (Å²) in [6.07, 6.45) is 1.30. The minimum Gasteiger partial charge on any atom is -0.371 e. The fourth-order valence-electron chi connectivity index (χ4n) is 2.43. The van der Waals surface area contributed by atoms with Gasteiger partial charge in [0.1, 0.15) is 0 Å². The Kier molecular flexibility index (Phi) is 3.72. The molecule has 0 amide bonds. The zero-order valence-electron chi connectivity index (χ0n) is 11.3. The molecule has 1 saturated heterocycles. The fraction of sp³-hybridized carbons (Fsp3) is 0.600. The second-order valence-electron chi connectivity index (χ2n) is 5.78. The van der Waals surface area contributed by atoms with Gasteiger partial charge in [0.15, 0.2) is 0 Å². The summed E-state index contributed by atoms with van der Waals surface area (Å²) in [5, 5.41) is 3.35. The maximum atomic E-state index is 3.35. The van der Waals surface area contributed by atoms with Gasteiger partial charge in [-0.05, 0) is 36.1 Å². The van der Waals surface area contributed by atoms with Crippen LogP contribution in [0.2, 0.25) is 0 Å². The Balaban J connectivity index is 1.98. The van der Waals surface area contributed by atoms with Crippen LogP contribution in [0.1, 0.15) is 32.8 Å². The molecule has 2 rings (SSSR count). The first kappa shape index (κ1) is 12.4. The predicted molar refractivity (Wildman–Crippen MR) is 74.4 cm³/mol. The predicted octanol–water partition coefficient (Wildman–Crippen LogP) is 3.03. The lowest BCUT2D eigenvalue weighted by Gasteiger charge is -2.21. The van der Waals surface area contributed by atoms with E-state index < -0.39 is 0 Å². The molecule has 1 N–H and O–H groups in total. The Hall–Kier alpha value is -1.02. The first-order valence-corrected chi connectivity index (χ1v) is 6.65. The van der Waals surface area contributed by atoms with E-state index in [1.54, 1.807) is 0 Å². The van der Waals surface area contributed by atoms with Crippen LogP contribution in [0.15, 0.2) is 24.3 Å². The minimum atomic E-state index is 0.475. The maximum Gasteiger partial charge on any atom is 0.0366 e. The number of benzene rings is 1. The highest BCUT2D eigenvalue weighted by Gasteiger charge is 2.28. The quantitative estimate of drug-likeness (QED) is 0.858. The van der Waals surface area contributed by atoms with Crippen LogP contribution in [0.5, 0.6) is 0 Å². The van der Waals surface area contributed by atoms with Crippen molar-refractivity contribution in [1.82, 2.24) is 5.32 Å². The molecule has 0 saturated carbocycles. The summed E-state index contributed by atoms with van der Waals surface area (Å²) in [6, 6.07) is 8.99. The largest absolute Gasteiger partial charge is 0.371 e. The Labute approximate surface area is 105 Å². The smallest absolute Gasteiger partial charge is 0.0366 e. The molecule has 1 heterocycles. The second kappa shape index (κ2) is 5.09. The second-order valence-corrected chi connectivity index (χ2v) is 5.78. The molecule has 94 valence electrons. The van der Waals surface area contributed by atoms with Gasteiger partial charge in [-0.1, -0.05) is 32.9 Å². The van der Waals surface area contributed by atoms with E-state index in [0.29, 0.717) is 5.41 Å². The molecule has 0 radical (unpaired) electrons. The molecule has 1 aliphatic heterocycles. The van der Waals surface area contributed by atoms with Crippen molar-refractivity contribution < 1.29 is 0 Å². The van der Waals surface area contributed by atoms with Gasteiger partial charge < -0.3 is 10.2 Å². The summed E-state index contributed by atoms with van der Waals surface area (Å²) in [5.41, 5.74) is 3.22. The van der Waals surface area contributed by atoms with Crippen molar-refractivity contribution in [2.45, 2.75) is 33.7 Å². The lowest BCUT2D eigenvalue weighted by Crippen LogP contribution is -2.22. The number of nitrogens with zero attached hydrogens (tertiary/aromatic N) is 1. The highest BCUT2D eigenvalue weighted by atomic mass is 15.2. The van der Waals surface area contributed by atoms with Crippen molar-refractivity contribution in [3.8, 4) is 0 Å². The molecule has 0 bridgehead atoms. The van der Waals surface area contributed by atoms with Crippen molar-refractivity contribution >= 4 is 5.69 Å². The topological polar surface area (TPSA) is 15.3 Å². The zero-order chi connectivity index (χ0) is 12.3. The first-order valence-electron chi connectivity index (χ1n) is 6.65. The standard InChI is InChI=1S/C15H24N2/c1-4-16-11-13-5-7-14(8-6-13)17-10-9-15(2,3)12-17/h5-8,16H,4,9-12H2,1-3H3. The molecule has 1 aliphatic rings. The first-order chi connectivity index (χ1) is 8.11. The summed E-state index contributed by atoms with van der Waals surface area (Å²) < 4.78 is 0. The summed E-state index contributed by atoms with van der Waals surface area (Å²) in [7, 11) is 0. The van der Waals surface area contributed by atoms with Gasteiger partial charge >= 0.3 is 0 Å². The summed E-state index contributed by atoms with van der Waals surface area (Å²) in [4.78, 5) is 2.50. The molecule has 0 atom stereocenters. The molecular formula is C15H24N2. The minimum absolute atomic E-state index is 0.475. The molecule has 17 heavy (non-hydrogen) atoms. The van der Waals surface area contributed by atoms with Gasteiger partial charge in [-0.25, -0.2) is 0 Å². The molecule has 1 aromatic rings. The summed E-state index contributed by atoms with van der Waals surface area (Å²) in [6.45, 7) is 11.2. The van der Waals surface area contributed by atoms with Crippen LogP contribution >= 0.6 is 0 Å². The monoisotopic (exact) mass is 232 g/mol. The lowest BCUT2D eigenvalue weighted by atomic mass is 9.93. The van der Waals surface area contributed by atoms with Gasteiger partial charge in [-0.15, -0.1) is 0 Å². The van der Waals surface area contributed by atoms with Gasteiger partial charge in [0, 0.05) is 25.3 Å². The summed E-state index contributed by atoms with van der Waals surface area (Å²) in [5.74, 6) is 0. The third-order valence-electron chi connectivity index (χ3n) is 3.56. The molecule has 0 aromatic heterocycles. The van der Waals surface area contributed by atoms with E-state index in [4.69, 9.17) is 0 Å². The number of hydrogen-bond acceptors (Lipinski definition) is 2. The Bertz CT molecular complexity index is 354. The highest BCUT2D eigenvalue weighted by Crippen LogP contribution is 2.32. The Morgan fingerprint density at radius 3 is 2.47 bits per heavy atom. The Morgan fingerprint density at radius 1 is 1.24 bits per heavy atom. The van der Waals surface area contributed by atoms with Gasteiger partial charge in [0.05, 0.1) is 0 Å². The number of rotatable bonds is 4. The van der Waals surface area contributed by atoms with Crippen LogP contribution in [0.4, 0.5) is 5.69 Å². The van der Waals surface area contributed by atoms with Gasteiger partial charge in [-0.3, -0.25) is 0 Å². The van der Waals surface area contributed by atoms with E-state index in [-0.39, 0.29) is 0 Å². The van der Waals surface area contributed by atoms with Crippen molar-refractivity contribution in [3.05, 3.63) is 29.8 Å². The van der Waals surface area contributed by atoms with Crippen LogP contribution in [0.25, 0.3) is 0 Å². The number of anilines is 1. The zero-order valence-corrected chi connectivity index (χ0v) is 11.3. The molecule has 0 spiro atoms. The van der Waals surface area contributed by atoms with Crippen LogP contribution in [-0.4, -0.2) is 19.6 Å². The average molecular weight is 232 g/mol. The molecule has 0 unspecified atom stereocenters. The van der Waals surface area contributed by atoms with Crippen LogP contribution in [-0.2, 0) is 6.54 Å². The van der Waals surface area contributed by atoms with Crippen LogP contribution in [0, 0.1) is 5.41 Å². The van der Waals surface area contributed by atoms with E-state index in [2.05, 4.69) is 55.3 Å². The third kappa shape index (κ3) is 3.22. The number of nitrogens with one attached hydrogen (secondary N) is 1. The number of hydrogen-bond donors (Lipinski definition) is 1. The van der Waals surface area contributed by atoms with Crippen molar-refractivity contribution in [2.24, 2.45) is 5.41 Å². The molecule has 2 heteroatoms. The van der Waals surface area contributed by atoms with Crippen molar-refractivity contribution in [2.75, 3.05) is 24.5 Å².